The van der Waals surface area contributed by atoms with E-state index in [1.54, 1.807) is 12.2 Å². The van der Waals surface area contributed by atoms with E-state index in [0.717, 1.165) is 24.9 Å². The number of hydrazone groups is 1. The van der Waals surface area contributed by atoms with E-state index >= 15 is 0 Å². The van der Waals surface area contributed by atoms with Crippen LogP contribution >= 0.6 is 11.6 Å². The van der Waals surface area contributed by atoms with Gasteiger partial charge in [-0.1, -0.05) is 23.8 Å². The zero-order valence-corrected chi connectivity index (χ0v) is 19.8. The summed E-state index contributed by atoms with van der Waals surface area (Å²) in [4.78, 5) is 12.5. The number of anilines is 1. The van der Waals surface area contributed by atoms with E-state index < -0.39 is 48.1 Å². The number of carbonyl (C=O) groups is 1. The minimum Gasteiger partial charge on any atom is -0.478 e. The molecule has 1 saturated carbocycles. The number of amides is 1. The van der Waals surface area contributed by atoms with Crippen molar-refractivity contribution < 1.29 is 44.7 Å². The van der Waals surface area contributed by atoms with Crippen LogP contribution in [-0.4, -0.2) is 53.4 Å². The number of allylic oxidation sites excluding steroid dienone is 2. The summed E-state index contributed by atoms with van der Waals surface area (Å²) < 4.78 is 111. The summed E-state index contributed by atoms with van der Waals surface area (Å²) in [5.41, 5.74) is -1.77. The van der Waals surface area contributed by atoms with Crippen LogP contribution in [0.2, 0.25) is 0 Å². The van der Waals surface area contributed by atoms with Crippen molar-refractivity contribution >= 4 is 29.5 Å². The molecule has 1 amide bonds. The minimum absolute atomic E-state index is 0.0748. The summed E-state index contributed by atoms with van der Waals surface area (Å²) in [7, 11) is 0.984. The number of alkyl halides is 8. The smallest absolute Gasteiger partial charge is 0.459 e. The van der Waals surface area contributed by atoms with Crippen LogP contribution < -0.4 is 15.1 Å². The number of aryl methyl sites for hydroxylation is 1. The molecule has 37 heavy (non-hydrogen) atoms. The number of nitrogens with zero attached hydrogens (tertiary/aromatic N) is 4. The summed E-state index contributed by atoms with van der Waals surface area (Å²) in [6.07, 6.45) is -4.48. The van der Waals surface area contributed by atoms with E-state index in [4.69, 9.17) is 11.6 Å². The van der Waals surface area contributed by atoms with Crippen LogP contribution in [0.3, 0.4) is 0 Å². The average Bonchev–Trinajstić information content (AvgIpc) is 3.34. The van der Waals surface area contributed by atoms with Crippen molar-refractivity contribution in [1.29, 1.82) is 0 Å². The number of hydrogen-bond donors (Lipinski definition) is 1. The fourth-order valence-corrected chi connectivity index (χ4v) is 4.18. The highest BCUT2D eigenvalue weighted by Gasteiger charge is 2.63. The highest BCUT2D eigenvalue weighted by Crippen LogP contribution is 2.50. The first-order valence-electron chi connectivity index (χ1n) is 11.0. The Balaban J connectivity index is 1.60. The van der Waals surface area contributed by atoms with Gasteiger partial charge in [0.1, 0.15) is 0 Å². The summed E-state index contributed by atoms with van der Waals surface area (Å²) >= 11 is 6.18. The summed E-state index contributed by atoms with van der Waals surface area (Å²) in [6.45, 7) is -2.25. The molecule has 2 aliphatic carbocycles. The topological polar surface area (TPSA) is 71.8 Å². The molecule has 1 aromatic rings. The molecule has 2 atom stereocenters. The first kappa shape index (κ1) is 27.2. The Labute approximate surface area is 209 Å². The highest BCUT2D eigenvalue weighted by atomic mass is 35.5. The predicted octanol–water partition coefficient (Wildman–Crippen LogP) is 4.78. The maximum Gasteiger partial charge on any atom is 0.459 e. The number of carbonyl (C=O) groups excluding carboxylic acids is 1. The average molecular weight is 562 g/mol. The van der Waals surface area contributed by atoms with Crippen molar-refractivity contribution in [2.24, 2.45) is 24.0 Å². The molecule has 0 saturated heterocycles. The molecule has 1 aromatic heterocycles. The zero-order chi connectivity index (χ0) is 27.3. The van der Waals surface area contributed by atoms with Gasteiger partial charge in [-0.15, -0.1) is 0 Å². The Morgan fingerprint density at radius 3 is 2.43 bits per heavy atom. The first-order chi connectivity index (χ1) is 17.1. The molecular formula is C21H20ClF8N5O2. The van der Waals surface area contributed by atoms with Crippen LogP contribution in [0.4, 0.5) is 40.9 Å². The molecule has 7 nitrogen and oxygen atoms in total. The quantitative estimate of drug-likeness (QED) is 0.486. The fraction of sp³-hybridized carbons (Fsp3) is 0.571. The second-order valence-electron chi connectivity index (χ2n) is 8.89. The SMILES string of the molecule is Cn1nc(C(F)(F)C(F)(F)F)c(OCC(F)(F)F)c1N1CC(C2C=C(C(=O)NC3CC3)C(Cl)=CC2)C=N1. The van der Waals surface area contributed by atoms with Crippen molar-refractivity contribution in [3.8, 4) is 5.75 Å². The van der Waals surface area contributed by atoms with Gasteiger partial charge < -0.3 is 10.1 Å². The van der Waals surface area contributed by atoms with Crippen LogP contribution in [0.1, 0.15) is 25.0 Å². The van der Waals surface area contributed by atoms with Gasteiger partial charge in [0.05, 0.1) is 12.1 Å². The third kappa shape index (κ3) is 5.70. The van der Waals surface area contributed by atoms with E-state index in [2.05, 4.69) is 20.3 Å². The Kier molecular flexibility index (Phi) is 6.97. The summed E-state index contributed by atoms with van der Waals surface area (Å²) in [5.74, 6) is -8.80. The summed E-state index contributed by atoms with van der Waals surface area (Å²) in [6, 6.07) is 0.0748. The molecule has 1 aliphatic heterocycles. The van der Waals surface area contributed by atoms with Gasteiger partial charge >= 0.3 is 18.3 Å². The number of ether oxygens (including phenoxy) is 1. The van der Waals surface area contributed by atoms with Crippen molar-refractivity contribution in [3.05, 3.63) is 28.5 Å². The van der Waals surface area contributed by atoms with E-state index in [1.165, 1.54) is 6.21 Å². The maximum atomic E-state index is 14.2. The van der Waals surface area contributed by atoms with Gasteiger partial charge in [0.15, 0.2) is 23.9 Å². The van der Waals surface area contributed by atoms with E-state index in [0.29, 0.717) is 11.1 Å². The number of halogens is 9. The van der Waals surface area contributed by atoms with Crippen LogP contribution in [-0.2, 0) is 17.8 Å². The molecule has 1 fully saturated rings. The van der Waals surface area contributed by atoms with Gasteiger partial charge in [-0.05, 0) is 25.2 Å². The first-order valence-corrected chi connectivity index (χ1v) is 11.4. The monoisotopic (exact) mass is 561 g/mol. The predicted molar refractivity (Wildman–Crippen MR) is 115 cm³/mol. The third-order valence-corrected chi connectivity index (χ3v) is 6.31. The van der Waals surface area contributed by atoms with Gasteiger partial charge in [0.2, 0.25) is 0 Å². The zero-order valence-electron chi connectivity index (χ0n) is 19.0. The minimum atomic E-state index is -6.14. The highest BCUT2D eigenvalue weighted by molar-refractivity contribution is 6.35. The van der Waals surface area contributed by atoms with Gasteiger partial charge in [-0.3, -0.25) is 4.79 Å². The van der Waals surface area contributed by atoms with Crippen LogP contribution in [0.25, 0.3) is 0 Å². The van der Waals surface area contributed by atoms with E-state index in [1.807, 2.05) is 0 Å². The number of rotatable bonds is 7. The molecule has 0 bridgehead atoms. The summed E-state index contributed by atoms with van der Waals surface area (Å²) in [5, 5.41) is 11.2. The molecule has 0 aromatic carbocycles. The van der Waals surface area contributed by atoms with Gasteiger partial charge in [-0.25, -0.2) is 9.69 Å². The van der Waals surface area contributed by atoms with Crippen LogP contribution in [0.5, 0.6) is 5.75 Å². The molecule has 204 valence electrons. The lowest BCUT2D eigenvalue weighted by atomic mass is 9.85. The molecule has 4 rings (SSSR count). The molecule has 1 N–H and O–H groups in total. The van der Waals surface area contributed by atoms with Crippen molar-refractivity contribution in [2.45, 2.75) is 43.6 Å². The lowest BCUT2D eigenvalue weighted by Gasteiger charge is -2.24. The third-order valence-electron chi connectivity index (χ3n) is 5.95. The molecule has 3 aliphatic rings. The Hall–Kier alpha value is -2.84. The lowest BCUT2D eigenvalue weighted by molar-refractivity contribution is -0.291. The van der Waals surface area contributed by atoms with Gasteiger partial charge in [0, 0.05) is 30.3 Å². The van der Waals surface area contributed by atoms with Gasteiger partial charge in [0.25, 0.3) is 5.91 Å². The molecule has 16 heteroatoms. The molecule has 0 radical (unpaired) electrons. The van der Waals surface area contributed by atoms with Crippen LogP contribution in [0.15, 0.2) is 27.9 Å². The van der Waals surface area contributed by atoms with Crippen molar-refractivity contribution in [3.63, 3.8) is 0 Å². The number of nitrogens with one attached hydrogen (secondary N) is 1. The fourth-order valence-electron chi connectivity index (χ4n) is 3.94. The second-order valence-corrected chi connectivity index (χ2v) is 9.30. The Bertz CT molecular complexity index is 1150. The second kappa shape index (κ2) is 9.48. The normalized spacial score (nSPS) is 22.7. The Morgan fingerprint density at radius 1 is 1.16 bits per heavy atom. The van der Waals surface area contributed by atoms with E-state index in [-0.39, 0.29) is 35.0 Å². The maximum absolute atomic E-state index is 14.2. The molecular weight excluding hydrogens is 542 g/mol. The van der Waals surface area contributed by atoms with Crippen LogP contribution in [0, 0.1) is 11.8 Å². The number of hydrogen-bond acceptors (Lipinski definition) is 5. The van der Waals surface area contributed by atoms with Crippen molar-refractivity contribution in [1.82, 2.24) is 15.1 Å². The van der Waals surface area contributed by atoms with Crippen molar-refractivity contribution in [2.75, 3.05) is 18.2 Å². The number of aromatic nitrogens is 2. The standard InChI is InChI=1S/C21H20ClF8N5O2/c1-34-18(15(37-9-19(23,24)25)16(33-34)20(26,27)21(28,29)30)35-8-11(7-31-35)10-2-5-14(22)13(6-10)17(36)32-12-3-4-12/h5-7,10-12H,2-4,8-9H2,1H3,(H,32,36). The Morgan fingerprint density at radius 2 is 1.84 bits per heavy atom. The molecule has 2 heterocycles. The van der Waals surface area contributed by atoms with Gasteiger partial charge in [-0.2, -0.15) is 45.3 Å². The molecule has 2 unspecified atom stereocenters. The van der Waals surface area contributed by atoms with E-state index in [9.17, 15) is 39.9 Å². The molecule has 0 spiro atoms. The lowest BCUT2D eigenvalue weighted by Crippen LogP contribution is -2.35. The largest absolute Gasteiger partial charge is 0.478 e.